The normalized spacial score (nSPS) is 17.1. The van der Waals surface area contributed by atoms with Gasteiger partial charge in [-0.25, -0.2) is 0 Å². The summed E-state index contributed by atoms with van der Waals surface area (Å²) in [5.41, 5.74) is 1.85. The highest BCUT2D eigenvalue weighted by Crippen LogP contribution is 2.30. The van der Waals surface area contributed by atoms with Gasteiger partial charge < -0.3 is 10.2 Å². The smallest absolute Gasteiger partial charge is 0.227 e. The van der Waals surface area contributed by atoms with Crippen molar-refractivity contribution in [2.75, 3.05) is 18.0 Å². The standard InChI is InChI=1S/C19H19ClN2O2/c20-16-8-4-5-9-17(16)22-13-15(12-18(22)23)19(24)21-11-10-14-6-2-1-3-7-14/h1-9,15H,10-13H2,(H,21,24). The molecule has 1 unspecified atom stereocenters. The third-order valence-corrected chi connectivity index (χ3v) is 4.51. The first-order valence-corrected chi connectivity index (χ1v) is 8.39. The molecule has 1 N–H and O–H groups in total. The van der Waals surface area contributed by atoms with Crippen LogP contribution in [0.25, 0.3) is 0 Å². The summed E-state index contributed by atoms with van der Waals surface area (Å²) in [5, 5.41) is 3.45. The monoisotopic (exact) mass is 342 g/mol. The molecule has 2 aromatic rings. The summed E-state index contributed by atoms with van der Waals surface area (Å²) in [7, 11) is 0. The van der Waals surface area contributed by atoms with E-state index in [1.807, 2.05) is 42.5 Å². The molecular formula is C19H19ClN2O2. The Morgan fingerprint density at radius 1 is 1.12 bits per heavy atom. The number of carbonyl (C=O) groups is 2. The minimum absolute atomic E-state index is 0.0636. The molecular weight excluding hydrogens is 324 g/mol. The number of rotatable bonds is 5. The number of amides is 2. The van der Waals surface area contributed by atoms with Crippen LogP contribution in [0.4, 0.5) is 5.69 Å². The van der Waals surface area contributed by atoms with E-state index in [-0.39, 0.29) is 24.2 Å². The Morgan fingerprint density at radius 3 is 2.58 bits per heavy atom. The van der Waals surface area contributed by atoms with Gasteiger partial charge in [-0.15, -0.1) is 0 Å². The Labute approximate surface area is 146 Å². The van der Waals surface area contributed by atoms with Gasteiger partial charge in [0.05, 0.1) is 16.6 Å². The summed E-state index contributed by atoms with van der Waals surface area (Å²) in [5.74, 6) is -0.468. The zero-order valence-electron chi connectivity index (χ0n) is 13.2. The van der Waals surface area contributed by atoms with Gasteiger partial charge in [0.1, 0.15) is 0 Å². The van der Waals surface area contributed by atoms with E-state index in [1.165, 1.54) is 5.56 Å². The lowest BCUT2D eigenvalue weighted by molar-refractivity contribution is -0.126. The van der Waals surface area contributed by atoms with Crippen LogP contribution >= 0.6 is 11.6 Å². The first-order valence-electron chi connectivity index (χ1n) is 8.01. The van der Waals surface area contributed by atoms with Gasteiger partial charge in [-0.1, -0.05) is 54.1 Å². The van der Waals surface area contributed by atoms with E-state index >= 15 is 0 Å². The summed E-state index contributed by atoms with van der Waals surface area (Å²) >= 11 is 6.15. The topological polar surface area (TPSA) is 49.4 Å². The fraction of sp³-hybridized carbons (Fsp3) is 0.263. The van der Waals surface area contributed by atoms with Gasteiger partial charge in [-0.2, -0.15) is 0 Å². The molecule has 2 aromatic carbocycles. The number of nitrogens with one attached hydrogen (secondary N) is 1. The summed E-state index contributed by atoms with van der Waals surface area (Å²) < 4.78 is 0. The van der Waals surface area contributed by atoms with Crippen LogP contribution in [0, 0.1) is 5.92 Å². The van der Waals surface area contributed by atoms with Crippen molar-refractivity contribution in [1.82, 2.24) is 5.32 Å². The van der Waals surface area contributed by atoms with Crippen molar-refractivity contribution in [3.63, 3.8) is 0 Å². The quantitative estimate of drug-likeness (QED) is 0.908. The van der Waals surface area contributed by atoms with Gasteiger partial charge in [-0.3, -0.25) is 9.59 Å². The van der Waals surface area contributed by atoms with Crippen molar-refractivity contribution in [2.24, 2.45) is 5.92 Å². The molecule has 0 saturated carbocycles. The molecule has 24 heavy (non-hydrogen) atoms. The number of hydrogen-bond donors (Lipinski definition) is 1. The Kier molecular flexibility index (Phi) is 5.16. The third-order valence-electron chi connectivity index (χ3n) is 4.19. The summed E-state index contributed by atoms with van der Waals surface area (Å²) in [6.07, 6.45) is 1.00. The van der Waals surface area contributed by atoms with E-state index in [4.69, 9.17) is 11.6 Å². The van der Waals surface area contributed by atoms with Crippen LogP contribution in [0.3, 0.4) is 0 Å². The van der Waals surface area contributed by atoms with Gasteiger partial charge in [0.2, 0.25) is 11.8 Å². The van der Waals surface area contributed by atoms with Gasteiger partial charge in [0, 0.05) is 19.5 Å². The number of anilines is 1. The number of hydrogen-bond acceptors (Lipinski definition) is 2. The van der Waals surface area contributed by atoms with Crippen molar-refractivity contribution in [2.45, 2.75) is 12.8 Å². The first kappa shape index (κ1) is 16.5. The van der Waals surface area contributed by atoms with Crippen LogP contribution < -0.4 is 10.2 Å². The third kappa shape index (κ3) is 3.77. The van der Waals surface area contributed by atoms with Gasteiger partial charge in [0.25, 0.3) is 0 Å². The predicted molar refractivity (Wildman–Crippen MR) is 95.1 cm³/mol. The van der Waals surface area contributed by atoms with E-state index in [2.05, 4.69) is 5.32 Å². The van der Waals surface area contributed by atoms with E-state index in [0.717, 1.165) is 6.42 Å². The number of nitrogens with zero attached hydrogens (tertiary/aromatic N) is 1. The highest BCUT2D eigenvalue weighted by atomic mass is 35.5. The molecule has 3 rings (SSSR count). The molecule has 0 aromatic heterocycles. The van der Waals surface area contributed by atoms with Crippen molar-refractivity contribution in [3.05, 3.63) is 65.2 Å². The lowest BCUT2D eigenvalue weighted by Gasteiger charge is -2.18. The molecule has 1 heterocycles. The molecule has 124 valence electrons. The van der Waals surface area contributed by atoms with Crippen LogP contribution in [0.2, 0.25) is 5.02 Å². The second kappa shape index (κ2) is 7.49. The zero-order valence-corrected chi connectivity index (χ0v) is 14.0. The van der Waals surface area contributed by atoms with Gasteiger partial charge in [-0.05, 0) is 24.1 Å². The SMILES string of the molecule is O=C(NCCc1ccccc1)C1CC(=O)N(c2ccccc2Cl)C1. The molecule has 4 nitrogen and oxygen atoms in total. The molecule has 5 heteroatoms. The largest absolute Gasteiger partial charge is 0.355 e. The Bertz CT molecular complexity index is 733. The van der Waals surface area contributed by atoms with Crippen molar-refractivity contribution >= 4 is 29.1 Å². The van der Waals surface area contributed by atoms with E-state index < -0.39 is 0 Å². The molecule has 2 amide bonds. The maximum atomic E-state index is 12.3. The van der Waals surface area contributed by atoms with Crippen molar-refractivity contribution in [1.29, 1.82) is 0 Å². The average molecular weight is 343 g/mol. The number of benzene rings is 2. The average Bonchev–Trinajstić information content (AvgIpc) is 2.98. The summed E-state index contributed by atoms with van der Waals surface area (Å²) in [4.78, 5) is 26.1. The van der Waals surface area contributed by atoms with Gasteiger partial charge >= 0.3 is 0 Å². The molecule has 1 saturated heterocycles. The number of para-hydroxylation sites is 1. The maximum absolute atomic E-state index is 12.3. The van der Waals surface area contributed by atoms with E-state index in [9.17, 15) is 9.59 Å². The minimum Gasteiger partial charge on any atom is -0.355 e. The van der Waals surface area contributed by atoms with Crippen molar-refractivity contribution in [3.8, 4) is 0 Å². The van der Waals surface area contributed by atoms with Crippen molar-refractivity contribution < 1.29 is 9.59 Å². The first-order chi connectivity index (χ1) is 11.6. The van der Waals surface area contributed by atoms with Crippen LogP contribution in [0.1, 0.15) is 12.0 Å². The number of carbonyl (C=O) groups excluding carboxylic acids is 2. The molecule has 0 bridgehead atoms. The molecule has 1 atom stereocenters. The van der Waals surface area contributed by atoms with Crippen LogP contribution in [-0.2, 0) is 16.0 Å². The highest BCUT2D eigenvalue weighted by molar-refractivity contribution is 6.33. The minimum atomic E-state index is -0.329. The predicted octanol–water partition coefficient (Wildman–Crippen LogP) is 3.05. The fourth-order valence-electron chi connectivity index (χ4n) is 2.91. The second-order valence-electron chi connectivity index (χ2n) is 5.88. The Hall–Kier alpha value is -2.33. The van der Waals surface area contributed by atoms with E-state index in [1.54, 1.807) is 17.0 Å². The molecule has 0 radical (unpaired) electrons. The van der Waals surface area contributed by atoms with Crippen LogP contribution in [-0.4, -0.2) is 24.9 Å². The lowest BCUT2D eigenvalue weighted by atomic mass is 10.1. The number of halogens is 1. The fourth-order valence-corrected chi connectivity index (χ4v) is 3.14. The Morgan fingerprint density at radius 2 is 1.83 bits per heavy atom. The van der Waals surface area contributed by atoms with E-state index in [0.29, 0.717) is 23.8 Å². The lowest BCUT2D eigenvalue weighted by Crippen LogP contribution is -2.34. The zero-order chi connectivity index (χ0) is 16.9. The summed E-state index contributed by atoms with van der Waals surface area (Å²) in [6, 6.07) is 17.2. The Balaban J connectivity index is 1.55. The molecule has 1 fully saturated rings. The van der Waals surface area contributed by atoms with Gasteiger partial charge in [0.15, 0.2) is 0 Å². The summed E-state index contributed by atoms with van der Waals surface area (Å²) in [6.45, 7) is 0.944. The van der Waals surface area contributed by atoms with Crippen LogP contribution in [0.15, 0.2) is 54.6 Å². The molecule has 0 aliphatic carbocycles. The molecule has 1 aliphatic rings. The molecule has 1 aliphatic heterocycles. The second-order valence-corrected chi connectivity index (χ2v) is 6.29. The maximum Gasteiger partial charge on any atom is 0.227 e. The highest BCUT2D eigenvalue weighted by Gasteiger charge is 2.35. The molecule has 0 spiro atoms. The van der Waals surface area contributed by atoms with Crippen LogP contribution in [0.5, 0.6) is 0 Å².